The zero-order valence-electron chi connectivity index (χ0n) is 11.6. The summed E-state index contributed by atoms with van der Waals surface area (Å²) in [5.41, 5.74) is 6.19. The molecule has 0 heterocycles. The van der Waals surface area contributed by atoms with Crippen molar-refractivity contribution in [3.63, 3.8) is 0 Å². The predicted molar refractivity (Wildman–Crippen MR) is 86.9 cm³/mol. The van der Waals surface area contributed by atoms with E-state index < -0.39 is 5.41 Å². The molecule has 1 fully saturated rings. The van der Waals surface area contributed by atoms with Crippen LogP contribution in [0.15, 0.2) is 22.7 Å². The third-order valence-corrected chi connectivity index (χ3v) is 5.51. The molecule has 1 saturated carbocycles. The number of rotatable bonds is 3. The third-order valence-electron chi connectivity index (χ3n) is 4.28. The second kappa shape index (κ2) is 6.46. The number of hydrogen-bond acceptors (Lipinski definition) is 2. The molecule has 20 heavy (non-hydrogen) atoms. The second-order valence-corrected chi connectivity index (χ2v) is 7.01. The van der Waals surface area contributed by atoms with E-state index in [1.54, 1.807) is 6.07 Å². The van der Waals surface area contributed by atoms with Gasteiger partial charge >= 0.3 is 0 Å². The molecule has 0 atom stereocenters. The van der Waals surface area contributed by atoms with Crippen LogP contribution in [0.25, 0.3) is 0 Å². The van der Waals surface area contributed by atoms with E-state index >= 15 is 0 Å². The van der Waals surface area contributed by atoms with Crippen LogP contribution in [0.1, 0.15) is 32.6 Å². The Morgan fingerprint density at radius 1 is 1.50 bits per heavy atom. The van der Waals surface area contributed by atoms with Crippen molar-refractivity contribution >= 4 is 39.1 Å². The minimum atomic E-state index is -0.425. The van der Waals surface area contributed by atoms with Crippen LogP contribution in [-0.2, 0) is 4.79 Å². The van der Waals surface area contributed by atoms with Gasteiger partial charge in [-0.3, -0.25) is 4.79 Å². The molecule has 0 saturated heterocycles. The van der Waals surface area contributed by atoms with Crippen LogP contribution in [0.5, 0.6) is 0 Å². The van der Waals surface area contributed by atoms with Crippen molar-refractivity contribution in [1.82, 2.24) is 0 Å². The van der Waals surface area contributed by atoms with Gasteiger partial charge < -0.3 is 11.1 Å². The molecule has 1 amide bonds. The smallest absolute Gasteiger partial charge is 0.231 e. The van der Waals surface area contributed by atoms with Gasteiger partial charge in [-0.2, -0.15) is 0 Å². The summed E-state index contributed by atoms with van der Waals surface area (Å²) in [4.78, 5) is 12.6. The minimum Gasteiger partial charge on any atom is -0.329 e. The molecular weight excluding hydrogens is 340 g/mol. The van der Waals surface area contributed by atoms with Crippen molar-refractivity contribution in [3.05, 3.63) is 27.7 Å². The fraction of sp³-hybridized carbons (Fsp3) is 0.533. The molecule has 2 rings (SSSR count). The number of halogens is 2. The molecule has 3 nitrogen and oxygen atoms in total. The van der Waals surface area contributed by atoms with Crippen LogP contribution in [-0.4, -0.2) is 12.5 Å². The lowest BCUT2D eigenvalue weighted by Crippen LogP contribution is -2.44. The fourth-order valence-corrected chi connectivity index (χ4v) is 3.10. The Hall–Kier alpha value is -0.580. The summed E-state index contributed by atoms with van der Waals surface area (Å²) in [6, 6.07) is 5.42. The zero-order valence-corrected chi connectivity index (χ0v) is 13.9. The normalized spacial score (nSPS) is 26.3. The Balaban J connectivity index is 2.11. The van der Waals surface area contributed by atoms with Gasteiger partial charge in [0.2, 0.25) is 5.91 Å². The van der Waals surface area contributed by atoms with Crippen LogP contribution in [0.2, 0.25) is 5.02 Å². The van der Waals surface area contributed by atoms with Crippen molar-refractivity contribution in [3.8, 4) is 0 Å². The van der Waals surface area contributed by atoms with Gasteiger partial charge in [0.15, 0.2) is 0 Å². The zero-order chi connectivity index (χ0) is 14.8. The summed E-state index contributed by atoms with van der Waals surface area (Å²) in [7, 11) is 0. The second-order valence-electron chi connectivity index (χ2n) is 5.75. The number of carbonyl (C=O) groups excluding carboxylic acids is 1. The lowest BCUT2D eigenvalue weighted by molar-refractivity contribution is -0.127. The van der Waals surface area contributed by atoms with E-state index in [2.05, 4.69) is 28.2 Å². The van der Waals surface area contributed by atoms with Crippen molar-refractivity contribution in [2.75, 3.05) is 11.9 Å². The summed E-state index contributed by atoms with van der Waals surface area (Å²) < 4.78 is 0.817. The largest absolute Gasteiger partial charge is 0.329 e. The maximum absolute atomic E-state index is 12.6. The van der Waals surface area contributed by atoms with E-state index in [1.165, 1.54) is 0 Å². The highest BCUT2D eigenvalue weighted by molar-refractivity contribution is 9.10. The molecular formula is C15H20BrClN2O. The number of carbonyl (C=O) groups is 1. The third kappa shape index (κ3) is 3.35. The maximum atomic E-state index is 12.6. The van der Waals surface area contributed by atoms with Gasteiger partial charge in [-0.15, -0.1) is 0 Å². The van der Waals surface area contributed by atoms with E-state index in [1.807, 2.05) is 12.1 Å². The molecule has 0 unspecified atom stereocenters. The van der Waals surface area contributed by atoms with Crippen LogP contribution in [0.4, 0.5) is 5.69 Å². The van der Waals surface area contributed by atoms with Gasteiger partial charge in [-0.05, 0) is 65.7 Å². The first kappa shape index (κ1) is 15.8. The molecule has 0 bridgehead atoms. The van der Waals surface area contributed by atoms with Gasteiger partial charge in [0, 0.05) is 16.7 Å². The van der Waals surface area contributed by atoms with Crippen LogP contribution < -0.4 is 11.1 Å². The predicted octanol–water partition coefficient (Wildman–Crippen LogP) is 4.20. The maximum Gasteiger partial charge on any atom is 0.231 e. The molecule has 0 aliphatic heterocycles. The standard InChI is InChI=1S/C15H20BrClN2O/c1-10-4-6-15(9-18,7-5-10)14(20)19-11-2-3-12(16)13(17)8-11/h2-3,8,10H,4-7,9,18H2,1H3,(H,19,20). The first-order valence-electron chi connectivity index (χ1n) is 6.93. The van der Waals surface area contributed by atoms with Crippen LogP contribution in [0.3, 0.4) is 0 Å². The van der Waals surface area contributed by atoms with Crippen molar-refractivity contribution in [1.29, 1.82) is 0 Å². The summed E-state index contributed by atoms with van der Waals surface area (Å²) in [6.07, 6.45) is 3.85. The Kier molecular flexibility index (Phi) is 5.10. The summed E-state index contributed by atoms with van der Waals surface area (Å²) in [5.74, 6) is 0.704. The lowest BCUT2D eigenvalue weighted by atomic mass is 9.70. The lowest BCUT2D eigenvalue weighted by Gasteiger charge is -2.37. The van der Waals surface area contributed by atoms with Crippen molar-refractivity contribution in [2.45, 2.75) is 32.6 Å². The molecule has 3 N–H and O–H groups in total. The first-order valence-corrected chi connectivity index (χ1v) is 8.10. The highest BCUT2D eigenvalue weighted by Gasteiger charge is 2.39. The molecule has 0 spiro atoms. The molecule has 1 aliphatic rings. The van der Waals surface area contributed by atoms with Gasteiger partial charge in [0.05, 0.1) is 10.4 Å². The number of hydrogen-bond donors (Lipinski definition) is 2. The number of amides is 1. The first-order chi connectivity index (χ1) is 9.47. The number of benzene rings is 1. The Morgan fingerprint density at radius 2 is 2.15 bits per heavy atom. The molecule has 0 radical (unpaired) electrons. The minimum absolute atomic E-state index is 0.0188. The Bertz CT molecular complexity index is 499. The van der Waals surface area contributed by atoms with E-state index in [0.717, 1.165) is 35.8 Å². The number of anilines is 1. The molecule has 0 aromatic heterocycles. The van der Waals surface area contributed by atoms with Gasteiger partial charge in [-0.1, -0.05) is 18.5 Å². The molecule has 1 aromatic carbocycles. The number of nitrogens with two attached hydrogens (primary N) is 1. The van der Waals surface area contributed by atoms with E-state index in [9.17, 15) is 4.79 Å². The van der Waals surface area contributed by atoms with Gasteiger partial charge in [0.1, 0.15) is 0 Å². The Labute approximate surface area is 133 Å². The SMILES string of the molecule is CC1CCC(CN)(C(=O)Nc2ccc(Br)c(Cl)c2)CC1. The van der Waals surface area contributed by atoms with Crippen molar-refractivity contribution < 1.29 is 4.79 Å². The average Bonchev–Trinajstić information content (AvgIpc) is 2.44. The van der Waals surface area contributed by atoms with Crippen molar-refractivity contribution in [2.24, 2.45) is 17.1 Å². The summed E-state index contributed by atoms with van der Waals surface area (Å²) >= 11 is 9.39. The summed E-state index contributed by atoms with van der Waals surface area (Å²) in [6.45, 7) is 2.63. The van der Waals surface area contributed by atoms with Gasteiger partial charge in [0.25, 0.3) is 0 Å². The Morgan fingerprint density at radius 3 is 2.70 bits per heavy atom. The summed E-state index contributed by atoms with van der Waals surface area (Å²) in [5, 5.41) is 3.55. The molecule has 5 heteroatoms. The average molecular weight is 360 g/mol. The quantitative estimate of drug-likeness (QED) is 0.850. The van der Waals surface area contributed by atoms with E-state index in [0.29, 0.717) is 17.5 Å². The highest BCUT2D eigenvalue weighted by Crippen LogP contribution is 2.39. The highest BCUT2D eigenvalue weighted by atomic mass is 79.9. The topological polar surface area (TPSA) is 55.1 Å². The molecule has 1 aliphatic carbocycles. The monoisotopic (exact) mass is 358 g/mol. The van der Waals surface area contributed by atoms with E-state index in [-0.39, 0.29) is 5.91 Å². The molecule has 1 aromatic rings. The van der Waals surface area contributed by atoms with E-state index in [4.69, 9.17) is 17.3 Å². The van der Waals surface area contributed by atoms with Crippen LogP contribution >= 0.6 is 27.5 Å². The van der Waals surface area contributed by atoms with Crippen LogP contribution in [0, 0.1) is 11.3 Å². The van der Waals surface area contributed by atoms with Gasteiger partial charge in [-0.25, -0.2) is 0 Å². The number of nitrogens with one attached hydrogen (secondary N) is 1. The molecule has 110 valence electrons. The fourth-order valence-electron chi connectivity index (χ4n) is 2.68.